The molecule has 0 aromatic heterocycles. The van der Waals surface area contributed by atoms with Crippen LogP contribution in [0.15, 0.2) is 52.5 Å². The normalized spacial score (nSPS) is 11.5. The van der Waals surface area contributed by atoms with Crippen molar-refractivity contribution in [1.29, 1.82) is 0 Å². The minimum atomic E-state index is -3.99. The number of hydrogen-bond acceptors (Lipinski definition) is 7. The molecule has 29 heavy (non-hydrogen) atoms. The maximum atomic E-state index is 12.8. The summed E-state index contributed by atoms with van der Waals surface area (Å²) in [5.74, 6) is 0.607. The van der Waals surface area contributed by atoms with Gasteiger partial charge < -0.3 is 14.2 Å². The van der Waals surface area contributed by atoms with Gasteiger partial charge in [-0.3, -0.25) is 4.79 Å². The molecule has 0 saturated heterocycles. The number of hydrazone groups is 1. The average molecular weight is 421 g/mol. The van der Waals surface area contributed by atoms with Gasteiger partial charge in [-0.2, -0.15) is 9.41 Å². The molecule has 2 aromatic carbocycles. The molecule has 0 heterocycles. The van der Waals surface area contributed by atoms with E-state index in [9.17, 15) is 13.2 Å². The van der Waals surface area contributed by atoms with Gasteiger partial charge in [0.2, 0.25) is 10.0 Å². The summed E-state index contributed by atoms with van der Waals surface area (Å²) in [6, 6.07) is 11.4. The fraction of sp³-hybridized carbons (Fsp3) is 0.263. The lowest BCUT2D eigenvalue weighted by atomic mass is 10.2. The van der Waals surface area contributed by atoms with Crippen LogP contribution in [0.5, 0.6) is 17.2 Å². The summed E-state index contributed by atoms with van der Waals surface area (Å²) in [5.41, 5.74) is 3.05. The molecule has 0 atom stereocenters. The summed E-state index contributed by atoms with van der Waals surface area (Å²) in [6.45, 7) is -0.428. The van der Waals surface area contributed by atoms with Crippen LogP contribution in [0.25, 0.3) is 0 Å². The number of amides is 1. The van der Waals surface area contributed by atoms with Gasteiger partial charge in [-0.25, -0.2) is 13.8 Å². The Morgan fingerprint density at radius 1 is 1.03 bits per heavy atom. The lowest BCUT2D eigenvalue weighted by Gasteiger charge is -2.18. The molecule has 0 saturated carbocycles. The van der Waals surface area contributed by atoms with Gasteiger partial charge in [0.25, 0.3) is 5.91 Å². The van der Waals surface area contributed by atoms with E-state index in [2.05, 4.69) is 10.5 Å². The van der Waals surface area contributed by atoms with E-state index in [1.807, 2.05) is 0 Å². The van der Waals surface area contributed by atoms with E-state index < -0.39 is 22.5 Å². The first-order valence-corrected chi connectivity index (χ1v) is 9.90. The van der Waals surface area contributed by atoms with Crippen molar-refractivity contribution in [2.24, 2.45) is 5.10 Å². The molecule has 0 bridgehead atoms. The molecule has 0 aliphatic carbocycles. The summed E-state index contributed by atoms with van der Waals surface area (Å²) in [5, 5.41) is 3.83. The maximum Gasteiger partial charge on any atom is 0.255 e. The van der Waals surface area contributed by atoms with Crippen LogP contribution in [0.4, 0.5) is 0 Å². The highest BCUT2D eigenvalue weighted by Crippen LogP contribution is 2.30. The Morgan fingerprint density at radius 2 is 1.66 bits per heavy atom. The number of likely N-dealkylation sites (N-methyl/N-ethyl adjacent to an activating group) is 1. The smallest absolute Gasteiger partial charge is 0.255 e. The molecule has 9 nitrogen and oxygen atoms in total. The zero-order chi connectivity index (χ0) is 21.4. The molecular formula is C19H23N3O6S. The Hall–Kier alpha value is -3.11. The Labute approximate surface area is 169 Å². The van der Waals surface area contributed by atoms with Gasteiger partial charge in [0, 0.05) is 13.1 Å². The van der Waals surface area contributed by atoms with E-state index in [4.69, 9.17) is 14.2 Å². The number of nitrogens with zero attached hydrogens (tertiary/aromatic N) is 2. The van der Waals surface area contributed by atoms with Crippen molar-refractivity contribution in [2.45, 2.75) is 4.90 Å². The van der Waals surface area contributed by atoms with Crippen LogP contribution in [0.1, 0.15) is 5.56 Å². The molecule has 0 spiro atoms. The molecule has 0 aliphatic heterocycles. The number of nitrogens with one attached hydrogen (secondary N) is 1. The standard InChI is InChI=1S/C19H23N3O6S/c1-22(29(24,25)18-11-16(27-3)9-10-17(18)28-4)13-19(23)21-20-12-14-5-7-15(26-2)8-6-14/h5-12H,13H2,1-4H3,(H,21,23)/b20-12+. The number of rotatable bonds is 9. The molecule has 1 N–H and O–H groups in total. The van der Waals surface area contributed by atoms with E-state index in [0.29, 0.717) is 11.5 Å². The van der Waals surface area contributed by atoms with Crippen molar-refractivity contribution in [3.63, 3.8) is 0 Å². The largest absolute Gasteiger partial charge is 0.497 e. The van der Waals surface area contributed by atoms with Crippen molar-refractivity contribution in [3.8, 4) is 17.2 Å². The van der Waals surface area contributed by atoms with E-state index in [0.717, 1.165) is 9.87 Å². The second-order valence-electron chi connectivity index (χ2n) is 5.84. The minimum absolute atomic E-state index is 0.101. The third-order valence-electron chi connectivity index (χ3n) is 3.94. The van der Waals surface area contributed by atoms with E-state index >= 15 is 0 Å². The molecule has 156 valence electrons. The number of hydrogen-bond donors (Lipinski definition) is 1. The molecule has 2 rings (SSSR count). The van der Waals surface area contributed by atoms with Crippen molar-refractivity contribution in [3.05, 3.63) is 48.0 Å². The number of carbonyl (C=O) groups is 1. The Morgan fingerprint density at radius 3 is 2.24 bits per heavy atom. The highest BCUT2D eigenvalue weighted by Gasteiger charge is 2.27. The van der Waals surface area contributed by atoms with Gasteiger partial charge in [-0.05, 0) is 42.0 Å². The number of methoxy groups -OCH3 is 3. The predicted molar refractivity (Wildman–Crippen MR) is 108 cm³/mol. The number of carbonyl (C=O) groups excluding carboxylic acids is 1. The van der Waals surface area contributed by atoms with Crippen LogP contribution < -0.4 is 19.6 Å². The lowest BCUT2D eigenvalue weighted by molar-refractivity contribution is -0.121. The molecule has 2 aromatic rings. The zero-order valence-electron chi connectivity index (χ0n) is 16.6. The first-order valence-electron chi connectivity index (χ1n) is 8.46. The average Bonchev–Trinajstić information content (AvgIpc) is 2.73. The van der Waals surface area contributed by atoms with Gasteiger partial charge in [-0.15, -0.1) is 0 Å². The zero-order valence-corrected chi connectivity index (χ0v) is 17.4. The summed E-state index contributed by atoms with van der Waals surface area (Å²) in [4.78, 5) is 12.0. The van der Waals surface area contributed by atoms with E-state index in [1.54, 1.807) is 37.4 Å². The van der Waals surface area contributed by atoms with Crippen LogP contribution in [0.2, 0.25) is 0 Å². The summed E-state index contributed by atoms with van der Waals surface area (Å²) in [7, 11) is 1.65. The monoisotopic (exact) mass is 421 g/mol. The summed E-state index contributed by atoms with van der Waals surface area (Å²) in [6.07, 6.45) is 1.44. The van der Waals surface area contributed by atoms with Gasteiger partial charge >= 0.3 is 0 Å². The maximum absolute atomic E-state index is 12.8. The molecular weight excluding hydrogens is 398 g/mol. The fourth-order valence-corrected chi connectivity index (χ4v) is 3.64. The van der Waals surface area contributed by atoms with E-state index in [1.165, 1.54) is 39.6 Å². The molecule has 0 fully saturated rings. The van der Waals surface area contributed by atoms with E-state index in [-0.39, 0.29) is 10.6 Å². The van der Waals surface area contributed by atoms with Crippen molar-refractivity contribution >= 4 is 22.1 Å². The van der Waals surface area contributed by atoms with Gasteiger partial charge in [0.05, 0.1) is 34.1 Å². The molecule has 0 unspecified atom stereocenters. The Bertz CT molecular complexity index is 974. The van der Waals surface area contributed by atoms with Crippen molar-refractivity contribution < 1.29 is 27.4 Å². The van der Waals surface area contributed by atoms with Crippen LogP contribution >= 0.6 is 0 Å². The molecule has 0 aliphatic rings. The van der Waals surface area contributed by atoms with Crippen molar-refractivity contribution in [2.75, 3.05) is 34.9 Å². The molecule has 1 amide bonds. The lowest BCUT2D eigenvalue weighted by Crippen LogP contribution is -2.36. The number of ether oxygens (including phenoxy) is 3. The second-order valence-corrected chi connectivity index (χ2v) is 7.86. The van der Waals surface area contributed by atoms with Gasteiger partial charge in [-0.1, -0.05) is 0 Å². The first-order chi connectivity index (χ1) is 13.8. The molecule has 10 heteroatoms. The van der Waals surface area contributed by atoms with Crippen LogP contribution in [0.3, 0.4) is 0 Å². The highest BCUT2D eigenvalue weighted by molar-refractivity contribution is 7.89. The summed E-state index contributed by atoms with van der Waals surface area (Å²) >= 11 is 0. The van der Waals surface area contributed by atoms with Crippen LogP contribution in [-0.2, 0) is 14.8 Å². The number of sulfonamides is 1. The topological polar surface area (TPSA) is 107 Å². The minimum Gasteiger partial charge on any atom is -0.497 e. The SMILES string of the molecule is COc1ccc(/C=N/NC(=O)CN(C)S(=O)(=O)c2cc(OC)ccc2OC)cc1. The molecule has 0 radical (unpaired) electrons. The summed E-state index contributed by atoms with van der Waals surface area (Å²) < 4.78 is 41.8. The van der Waals surface area contributed by atoms with Crippen LogP contribution in [-0.4, -0.2) is 59.8 Å². The Kier molecular flexibility index (Phi) is 7.57. The first kappa shape index (κ1) is 22.2. The number of benzene rings is 2. The fourth-order valence-electron chi connectivity index (χ4n) is 2.34. The van der Waals surface area contributed by atoms with Gasteiger partial charge in [0.15, 0.2) is 0 Å². The third-order valence-corrected chi connectivity index (χ3v) is 5.77. The second kappa shape index (κ2) is 9.89. The highest BCUT2D eigenvalue weighted by atomic mass is 32.2. The van der Waals surface area contributed by atoms with Crippen molar-refractivity contribution in [1.82, 2.24) is 9.73 Å². The van der Waals surface area contributed by atoms with Crippen LogP contribution in [0, 0.1) is 0 Å². The third kappa shape index (κ3) is 5.69. The quantitative estimate of drug-likeness (QED) is 0.486. The predicted octanol–water partition coefficient (Wildman–Crippen LogP) is 1.48. The van der Waals surface area contributed by atoms with Gasteiger partial charge in [0.1, 0.15) is 22.1 Å². The Balaban J connectivity index is 2.05.